The third-order valence-corrected chi connectivity index (χ3v) is 3.05. The number of aromatic nitrogens is 2. The minimum Gasteiger partial charge on any atom is -0.476 e. The van der Waals surface area contributed by atoms with Crippen molar-refractivity contribution in [1.82, 2.24) is 9.38 Å². The van der Waals surface area contributed by atoms with E-state index in [0.717, 1.165) is 0 Å². The van der Waals surface area contributed by atoms with Crippen LogP contribution in [0, 0.1) is 0 Å². The molecule has 0 unspecified atom stereocenters. The number of hydrogen-bond donors (Lipinski definition) is 1. The Balaban J connectivity index is 2.08. The number of azo groups is 1. The summed E-state index contributed by atoms with van der Waals surface area (Å²) in [5.41, 5.74) is 0.931. The average molecular weight is 301 g/mol. The number of imidazole rings is 1. The van der Waals surface area contributed by atoms with Gasteiger partial charge in [-0.15, -0.1) is 10.2 Å². The molecule has 2 aromatic heterocycles. The fraction of sp³-hybridized carbons (Fsp3) is 0. The molecule has 1 N–H and O–H groups in total. The van der Waals surface area contributed by atoms with E-state index in [1.807, 2.05) is 0 Å². The van der Waals surface area contributed by atoms with Crippen LogP contribution in [-0.2, 0) is 0 Å². The summed E-state index contributed by atoms with van der Waals surface area (Å²) in [6.07, 6.45) is 1.69. The largest absolute Gasteiger partial charge is 0.476 e. The summed E-state index contributed by atoms with van der Waals surface area (Å²) in [5, 5.41) is 17.8. The third kappa shape index (κ3) is 2.61. The van der Waals surface area contributed by atoms with Gasteiger partial charge in [0.1, 0.15) is 5.65 Å². The molecule has 0 aliphatic rings. The van der Waals surface area contributed by atoms with Gasteiger partial charge in [-0.3, -0.25) is 4.40 Å². The Morgan fingerprint density at radius 2 is 1.90 bits per heavy atom. The first kappa shape index (κ1) is 13.3. The highest BCUT2D eigenvalue weighted by Gasteiger charge is 2.17. The predicted molar refractivity (Wildman–Crippen MR) is 77.8 cm³/mol. The molecule has 7 heteroatoms. The normalized spacial score (nSPS) is 11.3. The van der Waals surface area contributed by atoms with E-state index in [4.69, 9.17) is 11.6 Å². The molecule has 21 heavy (non-hydrogen) atoms. The Bertz CT molecular complexity index is 840. The maximum Gasteiger partial charge on any atom is 0.358 e. The summed E-state index contributed by atoms with van der Waals surface area (Å²) in [6.45, 7) is 0. The second kappa shape index (κ2) is 5.34. The van der Waals surface area contributed by atoms with Gasteiger partial charge in [-0.25, -0.2) is 9.78 Å². The van der Waals surface area contributed by atoms with Gasteiger partial charge in [0.15, 0.2) is 11.5 Å². The van der Waals surface area contributed by atoms with Crippen LogP contribution in [0.25, 0.3) is 5.65 Å². The molecule has 0 saturated heterocycles. The molecule has 1 aromatic carbocycles. The topological polar surface area (TPSA) is 79.3 Å². The van der Waals surface area contributed by atoms with Gasteiger partial charge in [-0.05, 0) is 36.4 Å². The molecule has 0 bridgehead atoms. The number of carbonyl (C=O) groups is 1. The van der Waals surface area contributed by atoms with Gasteiger partial charge in [0.25, 0.3) is 0 Å². The predicted octanol–water partition coefficient (Wildman–Crippen LogP) is 4.10. The number of benzene rings is 1. The summed E-state index contributed by atoms with van der Waals surface area (Å²) < 4.78 is 1.57. The lowest BCUT2D eigenvalue weighted by atomic mass is 10.3. The van der Waals surface area contributed by atoms with Gasteiger partial charge < -0.3 is 5.11 Å². The molecule has 0 aliphatic carbocycles. The molecule has 6 nitrogen and oxygen atoms in total. The van der Waals surface area contributed by atoms with Crippen molar-refractivity contribution in [2.45, 2.75) is 0 Å². The molecule has 0 radical (unpaired) electrons. The number of fused-ring (bicyclic) bond motifs is 1. The van der Waals surface area contributed by atoms with Crippen LogP contribution in [-0.4, -0.2) is 20.5 Å². The Kier molecular flexibility index (Phi) is 3.37. The zero-order valence-electron chi connectivity index (χ0n) is 10.6. The highest BCUT2D eigenvalue weighted by molar-refractivity contribution is 6.30. The van der Waals surface area contributed by atoms with E-state index in [-0.39, 0.29) is 11.5 Å². The first-order valence-corrected chi connectivity index (χ1v) is 6.40. The summed E-state index contributed by atoms with van der Waals surface area (Å²) in [6, 6.07) is 12.0. The van der Waals surface area contributed by atoms with Gasteiger partial charge in [0.2, 0.25) is 0 Å². The lowest BCUT2D eigenvalue weighted by Crippen LogP contribution is -1.96. The van der Waals surface area contributed by atoms with Gasteiger partial charge >= 0.3 is 5.97 Å². The number of pyridine rings is 1. The molecule has 0 saturated carbocycles. The minimum absolute atomic E-state index is 0.140. The Morgan fingerprint density at radius 3 is 2.62 bits per heavy atom. The maximum absolute atomic E-state index is 11.3. The number of halogens is 1. The van der Waals surface area contributed by atoms with Crippen LogP contribution < -0.4 is 0 Å². The van der Waals surface area contributed by atoms with E-state index < -0.39 is 5.97 Å². The first-order valence-electron chi connectivity index (χ1n) is 6.03. The molecule has 2 heterocycles. The minimum atomic E-state index is -1.15. The molecular weight excluding hydrogens is 292 g/mol. The van der Waals surface area contributed by atoms with Crippen LogP contribution in [0.3, 0.4) is 0 Å². The summed E-state index contributed by atoms with van der Waals surface area (Å²) in [7, 11) is 0. The van der Waals surface area contributed by atoms with Crippen LogP contribution >= 0.6 is 11.6 Å². The van der Waals surface area contributed by atoms with E-state index in [0.29, 0.717) is 16.4 Å². The monoisotopic (exact) mass is 300 g/mol. The van der Waals surface area contributed by atoms with Gasteiger partial charge in [0, 0.05) is 11.2 Å². The zero-order chi connectivity index (χ0) is 14.8. The van der Waals surface area contributed by atoms with Crippen LogP contribution in [0.5, 0.6) is 0 Å². The molecule has 3 rings (SSSR count). The average Bonchev–Trinajstić information content (AvgIpc) is 2.86. The van der Waals surface area contributed by atoms with E-state index in [9.17, 15) is 9.90 Å². The Hall–Kier alpha value is -2.73. The SMILES string of the molecule is O=C(O)c1nc2ccccn2c1N=Nc1ccc(Cl)cc1. The lowest BCUT2D eigenvalue weighted by molar-refractivity contribution is 0.0692. The van der Waals surface area contributed by atoms with Crippen molar-refractivity contribution in [2.24, 2.45) is 10.2 Å². The number of hydrogen-bond acceptors (Lipinski definition) is 4. The fourth-order valence-electron chi connectivity index (χ4n) is 1.83. The van der Waals surface area contributed by atoms with E-state index >= 15 is 0 Å². The number of carboxylic acids is 1. The second-order valence-electron chi connectivity index (χ2n) is 4.19. The van der Waals surface area contributed by atoms with Crippen molar-refractivity contribution in [3.05, 3.63) is 59.4 Å². The quantitative estimate of drug-likeness (QED) is 0.739. The van der Waals surface area contributed by atoms with Crippen LogP contribution in [0.2, 0.25) is 5.02 Å². The molecule has 0 aliphatic heterocycles. The number of nitrogens with zero attached hydrogens (tertiary/aromatic N) is 4. The third-order valence-electron chi connectivity index (χ3n) is 2.79. The van der Waals surface area contributed by atoms with E-state index in [2.05, 4.69) is 15.2 Å². The highest BCUT2D eigenvalue weighted by Crippen LogP contribution is 2.24. The van der Waals surface area contributed by atoms with Crippen LogP contribution in [0.15, 0.2) is 58.9 Å². The maximum atomic E-state index is 11.3. The zero-order valence-corrected chi connectivity index (χ0v) is 11.4. The van der Waals surface area contributed by atoms with Crippen molar-refractivity contribution < 1.29 is 9.90 Å². The molecule has 0 fully saturated rings. The summed E-state index contributed by atoms with van der Waals surface area (Å²) in [5.74, 6) is -0.975. The van der Waals surface area contributed by atoms with Crippen LogP contribution in [0.1, 0.15) is 10.5 Å². The van der Waals surface area contributed by atoms with Crippen LogP contribution in [0.4, 0.5) is 11.5 Å². The number of aromatic carboxylic acids is 1. The van der Waals surface area contributed by atoms with E-state index in [1.165, 1.54) is 0 Å². The molecule has 3 aromatic rings. The van der Waals surface area contributed by atoms with Crippen molar-refractivity contribution in [2.75, 3.05) is 0 Å². The fourth-order valence-corrected chi connectivity index (χ4v) is 1.96. The van der Waals surface area contributed by atoms with Crippen molar-refractivity contribution >= 4 is 34.7 Å². The standard InChI is InChI=1S/C14H9ClN4O2/c15-9-4-6-10(7-5-9)17-18-13-12(14(20)21)16-11-3-1-2-8-19(11)13/h1-8H,(H,20,21). The van der Waals surface area contributed by atoms with Gasteiger partial charge in [-0.1, -0.05) is 17.7 Å². The highest BCUT2D eigenvalue weighted by atomic mass is 35.5. The lowest BCUT2D eigenvalue weighted by Gasteiger charge is -1.96. The molecule has 104 valence electrons. The van der Waals surface area contributed by atoms with E-state index in [1.54, 1.807) is 53.1 Å². The second-order valence-corrected chi connectivity index (χ2v) is 4.63. The Labute approximate surface area is 124 Å². The first-order chi connectivity index (χ1) is 10.1. The molecule has 0 atom stereocenters. The van der Waals surface area contributed by atoms with Crippen molar-refractivity contribution in [3.63, 3.8) is 0 Å². The van der Waals surface area contributed by atoms with Crippen molar-refractivity contribution in [3.8, 4) is 0 Å². The number of carboxylic acid groups (broad SMARTS) is 1. The van der Waals surface area contributed by atoms with Crippen molar-refractivity contribution in [1.29, 1.82) is 0 Å². The molecular formula is C14H9ClN4O2. The molecule has 0 amide bonds. The molecule has 0 spiro atoms. The Morgan fingerprint density at radius 1 is 1.14 bits per heavy atom. The van der Waals surface area contributed by atoms with Gasteiger partial charge in [0.05, 0.1) is 5.69 Å². The summed E-state index contributed by atoms with van der Waals surface area (Å²) in [4.78, 5) is 15.3. The smallest absolute Gasteiger partial charge is 0.358 e. The number of rotatable bonds is 3. The summed E-state index contributed by atoms with van der Waals surface area (Å²) >= 11 is 5.79. The van der Waals surface area contributed by atoms with Gasteiger partial charge in [-0.2, -0.15) is 0 Å².